The summed E-state index contributed by atoms with van der Waals surface area (Å²) >= 11 is 0. The molecule has 0 spiro atoms. The van der Waals surface area contributed by atoms with Crippen molar-refractivity contribution in [1.29, 1.82) is 0 Å². The van der Waals surface area contributed by atoms with Crippen molar-refractivity contribution in [3.05, 3.63) is 29.8 Å². The fraction of sp³-hybridized carbons (Fsp3) is 0.533. The Morgan fingerprint density at radius 3 is 2.63 bits per heavy atom. The van der Waals surface area contributed by atoms with Crippen LogP contribution in [0.4, 0.5) is 0 Å². The predicted octanol–water partition coefficient (Wildman–Crippen LogP) is 2.28. The minimum Gasteiger partial charge on any atom is -0.497 e. The molecule has 0 aliphatic rings. The maximum atomic E-state index is 11.8. The minimum atomic E-state index is -0.714. The second kappa shape index (κ2) is 7.79. The van der Waals surface area contributed by atoms with Crippen LogP contribution in [0.1, 0.15) is 38.4 Å². The van der Waals surface area contributed by atoms with Crippen molar-refractivity contribution in [2.45, 2.75) is 32.8 Å². The van der Waals surface area contributed by atoms with Gasteiger partial charge in [-0.2, -0.15) is 0 Å². The molecular weight excluding hydrogens is 242 g/mol. The lowest BCUT2D eigenvalue weighted by Gasteiger charge is -2.16. The number of amides is 1. The van der Waals surface area contributed by atoms with Gasteiger partial charge in [0.05, 0.1) is 13.2 Å². The van der Waals surface area contributed by atoms with E-state index in [0.717, 1.165) is 18.4 Å². The number of hydrogen-bond acceptors (Lipinski definition) is 3. The first-order valence-electron chi connectivity index (χ1n) is 6.72. The van der Waals surface area contributed by atoms with Gasteiger partial charge in [0.2, 0.25) is 5.91 Å². The first-order valence-corrected chi connectivity index (χ1v) is 6.72. The molecule has 4 nitrogen and oxygen atoms in total. The van der Waals surface area contributed by atoms with Crippen LogP contribution in [0.15, 0.2) is 24.3 Å². The van der Waals surface area contributed by atoms with Gasteiger partial charge in [-0.1, -0.05) is 26.0 Å². The van der Waals surface area contributed by atoms with Crippen LogP contribution in [0.2, 0.25) is 0 Å². The van der Waals surface area contributed by atoms with Crippen LogP contribution in [-0.2, 0) is 4.79 Å². The van der Waals surface area contributed by atoms with Gasteiger partial charge in [0.25, 0.3) is 0 Å². The Hall–Kier alpha value is -1.55. The maximum absolute atomic E-state index is 11.8. The fourth-order valence-electron chi connectivity index (χ4n) is 1.97. The molecule has 0 bridgehead atoms. The van der Waals surface area contributed by atoms with Crippen LogP contribution in [0, 0.1) is 5.92 Å². The number of carbonyl (C=O) groups is 1. The third kappa shape index (κ3) is 4.56. The molecule has 1 atom stereocenters. The average Bonchev–Trinajstić information content (AvgIpc) is 2.46. The average molecular weight is 265 g/mol. The molecule has 0 aliphatic heterocycles. The van der Waals surface area contributed by atoms with Crippen molar-refractivity contribution >= 4 is 5.91 Å². The van der Waals surface area contributed by atoms with Gasteiger partial charge in [0.1, 0.15) is 5.75 Å². The van der Waals surface area contributed by atoms with E-state index in [-0.39, 0.29) is 18.4 Å². The molecule has 0 saturated heterocycles. The summed E-state index contributed by atoms with van der Waals surface area (Å²) in [6, 6.07) is 7.23. The SMILES string of the molecule is CCC(CC)C(=O)NCC(O)c1cccc(OC)c1. The Kier molecular flexibility index (Phi) is 6.36. The van der Waals surface area contributed by atoms with Crippen molar-refractivity contribution in [3.8, 4) is 5.75 Å². The lowest BCUT2D eigenvalue weighted by Crippen LogP contribution is -2.33. The molecular formula is C15H23NO3. The number of methoxy groups -OCH3 is 1. The zero-order valence-electron chi connectivity index (χ0n) is 11.8. The van der Waals surface area contributed by atoms with E-state index in [0.29, 0.717) is 5.75 Å². The Bertz CT molecular complexity index is 402. The van der Waals surface area contributed by atoms with Gasteiger partial charge in [0.15, 0.2) is 0 Å². The fourth-order valence-corrected chi connectivity index (χ4v) is 1.97. The Labute approximate surface area is 114 Å². The largest absolute Gasteiger partial charge is 0.497 e. The lowest BCUT2D eigenvalue weighted by atomic mass is 10.0. The number of aliphatic hydroxyl groups excluding tert-OH is 1. The molecule has 0 radical (unpaired) electrons. The van der Waals surface area contributed by atoms with E-state index < -0.39 is 6.10 Å². The lowest BCUT2D eigenvalue weighted by molar-refractivity contribution is -0.125. The molecule has 2 N–H and O–H groups in total. The Balaban J connectivity index is 2.55. The summed E-state index contributed by atoms with van der Waals surface area (Å²) in [5.41, 5.74) is 0.740. The third-order valence-electron chi connectivity index (χ3n) is 3.30. The van der Waals surface area contributed by atoms with Gasteiger partial charge in [-0.25, -0.2) is 0 Å². The number of aliphatic hydroxyl groups is 1. The molecule has 1 unspecified atom stereocenters. The molecule has 0 saturated carbocycles. The number of rotatable bonds is 7. The third-order valence-corrected chi connectivity index (χ3v) is 3.30. The van der Waals surface area contributed by atoms with Gasteiger partial charge in [0, 0.05) is 12.5 Å². The summed E-state index contributed by atoms with van der Waals surface area (Å²) in [6.07, 6.45) is 0.920. The second-order valence-corrected chi connectivity index (χ2v) is 4.55. The van der Waals surface area contributed by atoms with Gasteiger partial charge < -0.3 is 15.2 Å². The van der Waals surface area contributed by atoms with E-state index in [2.05, 4.69) is 5.32 Å². The molecule has 1 rings (SSSR count). The Morgan fingerprint density at radius 2 is 2.05 bits per heavy atom. The molecule has 1 aromatic carbocycles. The van der Waals surface area contributed by atoms with E-state index in [1.54, 1.807) is 13.2 Å². The summed E-state index contributed by atoms with van der Waals surface area (Å²) < 4.78 is 5.11. The van der Waals surface area contributed by atoms with E-state index in [1.165, 1.54) is 0 Å². The second-order valence-electron chi connectivity index (χ2n) is 4.55. The van der Waals surface area contributed by atoms with Gasteiger partial charge in [-0.15, -0.1) is 0 Å². The van der Waals surface area contributed by atoms with Crippen LogP contribution < -0.4 is 10.1 Å². The highest BCUT2D eigenvalue weighted by atomic mass is 16.5. The first kappa shape index (κ1) is 15.5. The molecule has 0 aromatic heterocycles. The van der Waals surface area contributed by atoms with Crippen molar-refractivity contribution in [2.24, 2.45) is 5.92 Å². The molecule has 0 fully saturated rings. The quantitative estimate of drug-likeness (QED) is 0.795. The number of carbonyl (C=O) groups excluding carboxylic acids is 1. The van der Waals surface area contributed by atoms with E-state index in [1.807, 2.05) is 32.0 Å². The van der Waals surface area contributed by atoms with Crippen molar-refractivity contribution < 1.29 is 14.6 Å². The number of benzene rings is 1. The normalized spacial score (nSPS) is 12.3. The number of nitrogens with one attached hydrogen (secondary N) is 1. The summed E-state index contributed by atoms with van der Waals surface area (Å²) in [4.78, 5) is 11.8. The summed E-state index contributed by atoms with van der Waals surface area (Å²) in [7, 11) is 1.58. The minimum absolute atomic E-state index is 0.00643. The predicted molar refractivity (Wildman–Crippen MR) is 75.0 cm³/mol. The van der Waals surface area contributed by atoms with Crippen LogP contribution in [-0.4, -0.2) is 24.7 Å². The van der Waals surface area contributed by atoms with E-state index in [9.17, 15) is 9.90 Å². The summed E-state index contributed by atoms with van der Waals surface area (Å²) in [5, 5.41) is 12.8. The molecule has 19 heavy (non-hydrogen) atoms. The highest BCUT2D eigenvalue weighted by molar-refractivity contribution is 5.78. The molecule has 0 aliphatic carbocycles. The first-order chi connectivity index (χ1) is 9.12. The maximum Gasteiger partial charge on any atom is 0.223 e. The monoisotopic (exact) mass is 265 g/mol. The zero-order valence-corrected chi connectivity index (χ0v) is 11.8. The Morgan fingerprint density at radius 1 is 1.37 bits per heavy atom. The van der Waals surface area contributed by atoms with Crippen LogP contribution in [0.5, 0.6) is 5.75 Å². The summed E-state index contributed by atoms with van der Waals surface area (Å²) in [5.74, 6) is 0.729. The molecule has 1 amide bonds. The molecule has 4 heteroatoms. The topological polar surface area (TPSA) is 58.6 Å². The number of hydrogen-bond donors (Lipinski definition) is 2. The van der Waals surface area contributed by atoms with E-state index >= 15 is 0 Å². The molecule has 1 aromatic rings. The highest BCUT2D eigenvalue weighted by Gasteiger charge is 2.16. The van der Waals surface area contributed by atoms with Crippen LogP contribution in [0.3, 0.4) is 0 Å². The van der Waals surface area contributed by atoms with Crippen molar-refractivity contribution in [3.63, 3.8) is 0 Å². The van der Waals surface area contributed by atoms with Crippen molar-refractivity contribution in [1.82, 2.24) is 5.32 Å². The van der Waals surface area contributed by atoms with E-state index in [4.69, 9.17) is 4.74 Å². The molecule has 106 valence electrons. The highest BCUT2D eigenvalue weighted by Crippen LogP contribution is 2.18. The van der Waals surface area contributed by atoms with Crippen LogP contribution in [0.25, 0.3) is 0 Å². The number of ether oxygens (including phenoxy) is 1. The van der Waals surface area contributed by atoms with Gasteiger partial charge in [-0.3, -0.25) is 4.79 Å². The zero-order chi connectivity index (χ0) is 14.3. The molecule has 0 heterocycles. The van der Waals surface area contributed by atoms with Gasteiger partial charge >= 0.3 is 0 Å². The van der Waals surface area contributed by atoms with Crippen LogP contribution >= 0.6 is 0 Å². The smallest absolute Gasteiger partial charge is 0.223 e. The van der Waals surface area contributed by atoms with Crippen molar-refractivity contribution in [2.75, 3.05) is 13.7 Å². The standard InChI is InChI=1S/C15H23NO3/c1-4-11(5-2)15(18)16-10-14(17)12-7-6-8-13(9-12)19-3/h6-9,11,14,17H,4-5,10H2,1-3H3,(H,16,18). The summed E-state index contributed by atoms with van der Waals surface area (Å²) in [6.45, 7) is 4.21. The van der Waals surface area contributed by atoms with Gasteiger partial charge in [-0.05, 0) is 30.5 Å².